The summed E-state index contributed by atoms with van der Waals surface area (Å²) in [5, 5.41) is 3.31. The van der Waals surface area contributed by atoms with E-state index in [2.05, 4.69) is 24.1 Å². The molecule has 1 aromatic heterocycles. The summed E-state index contributed by atoms with van der Waals surface area (Å²) in [5.74, 6) is 1.49. The summed E-state index contributed by atoms with van der Waals surface area (Å²) in [6.45, 7) is 6.68. The summed E-state index contributed by atoms with van der Waals surface area (Å²) in [4.78, 5) is 4.49. The minimum atomic E-state index is 0.639. The minimum absolute atomic E-state index is 0.639. The molecule has 2 rings (SSSR count). The van der Waals surface area contributed by atoms with E-state index in [-0.39, 0.29) is 0 Å². The first-order chi connectivity index (χ1) is 9.83. The lowest BCUT2D eigenvalue weighted by Crippen LogP contribution is -2.13. The minimum Gasteiger partial charge on any atom is -0.494 e. The van der Waals surface area contributed by atoms with Gasteiger partial charge in [0.05, 0.1) is 12.3 Å². The van der Waals surface area contributed by atoms with Crippen molar-refractivity contribution in [2.45, 2.75) is 33.2 Å². The van der Waals surface area contributed by atoms with Crippen LogP contribution in [-0.4, -0.2) is 18.1 Å². The molecule has 0 radical (unpaired) electrons. The number of hydrogen-bond donors (Lipinski definition) is 1. The van der Waals surface area contributed by atoms with Gasteiger partial charge in [0.1, 0.15) is 12.0 Å². The zero-order valence-electron chi connectivity index (χ0n) is 12.2. The van der Waals surface area contributed by atoms with Crippen LogP contribution in [0.1, 0.15) is 32.4 Å². The molecule has 0 bridgehead atoms. The third-order valence-corrected chi connectivity index (χ3v) is 2.84. The summed E-state index contributed by atoms with van der Waals surface area (Å²) >= 11 is 0. The zero-order chi connectivity index (χ0) is 14.2. The van der Waals surface area contributed by atoms with Crippen molar-refractivity contribution in [2.75, 3.05) is 13.2 Å². The normalized spacial score (nSPS) is 10.7. The fraction of sp³-hybridized carbons (Fsp3) is 0.438. The number of hydrogen-bond acceptors (Lipinski definition) is 4. The first-order valence-corrected chi connectivity index (χ1v) is 7.21. The van der Waals surface area contributed by atoms with Gasteiger partial charge in [-0.05, 0) is 37.6 Å². The van der Waals surface area contributed by atoms with Gasteiger partial charge < -0.3 is 14.5 Å². The highest BCUT2D eigenvalue weighted by Crippen LogP contribution is 2.23. The fourth-order valence-corrected chi connectivity index (χ4v) is 1.85. The van der Waals surface area contributed by atoms with Gasteiger partial charge in [-0.25, -0.2) is 4.98 Å². The maximum Gasteiger partial charge on any atom is 0.226 e. The molecule has 4 nitrogen and oxygen atoms in total. The molecule has 0 spiro atoms. The average Bonchev–Trinajstić information content (AvgIpc) is 2.95. The monoisotopic (exact) mass is 274 g/mol. The van der Waals surface area contributed by atoms with E-state index >= 15 is 0 Å². The molecule has 0 saturated carbocycles. The first-order valence-electron chi connectivity index (χ1n) is 7.21. The molecule has 0 unspecified atom stereocenters. The van der Waals surface area contributed by atoms with E-state index < -0.39 is 0 Å². The van der Waals surface area contributed by atoms with Crippen LogP contribution < -0.4 is 10.1 Å². The van der Waals surface area contributed by atoms with E-state index in [1.54, 1.807) is 6.26 Å². The maximum absolute atomic E-state index is 5.62. The van der Waals surface area contributed by atoms with Gasteiger partial charge in [0.15, 0.2) is 0 Å². The lowest BCUT2D eigenvalue weighted by atomic mass is 10.2. The molecule has 1 N–H and O–H groups in total. The van der Waals surface area contributed by atoms with Crippen molar-refractivity contribution < 1.29 is 9.15 Å². The van der Waals surface area contributed by atoms with Crippen molar-refractivity contribution in [3.8, 4) is 17.2 Å². The van der Waals surface area contributed by atoms with Gasteiger partial charge in [0, 0.05) is 12.1 Å². The van der Waals surface area contributed by atoms with Crippen molar-refractivity contribution >= 4 is 0 Å². The van der Waals surface area contributed by atoms with Crippen LogP contribution in [0.4, 0.5) is 0 Å². The second-order valence-corrected chi connectivity index (χ2v) is 4.70. The Morgan fingerprint density at radius 1 is 1.25 bits per heavy atom. The molecule has 0 saturated heterocycles. The fourth-order valence-electron chi connectivity index (χ4n) is 1.85. The molecule has 4 heteroatoms. The van der Waals surface area contributed by atoms with Crippen LogP contribution in [0.3, 0.4) is 0 Å². The summed E-state index contributed by atoms with van der Waals surface area (Å²) < 4.78 is 11.2. The number of nitrogens with one attached hydrogen (secondary N) is 1. The lowest BCUT2D eigenvalue weighted by molar-refractivity contribution is 0.317. The predicted molar refractivity (Wildman–Crippen MR) is 79.7 cm³/mol. The Kier molecular flexibility index (Phi) is 5.62. The Bertz CT molecular complexity index is 523. The molecule has 0 aliphatic heterocycles. The summed E-state index contributed by atoms with van der Waals surface area (Å²) in [6, 6.07) is 7.85. The van der Waals surface area contributed by atoms with Gasteiger partial charge in [-0.3, -0.25) is 0 Å². The number of oxazole rings is 1. The quantitative estimate of drug-likeness (QED) is 0.747. The van der Waals surface area contributed by atoms with E-state index in [1.165, 1.54) is 0 Å². The smallest absolute Gasteiger partial charge is 0.226 e. The van der Waals surface area contributed by atoms with Gasteiger partial charge in [-0.1, -0.05) is 19.9 Å². The first kappa shape index (κ1) is 14.6. The Morgan fingerprint density at radius 2 is 2.15 bits per heavy atom. The van der Waals surface area contributed by atoms with Crippen molar-refractivity contribution in [1.82, 2.24) is 10.3 Å². The van der Waals surface area contributed by atoms with Gasteiger partial charge in [0.25, 0.3) is 0 Å². The van der Waals surface area contributed by atoms with E-state index in [9.17, 15) is 0 Å². The molecule has 0 atom stereocenters. The molecule has 0 aliphatic carbocycles. The van der Waals surface area contributed by atoms with Crippen LogP contribution in [0.15, 0.2) is 34.9 Å². The summed E-state index contributed by atoms with van der Waals surface area (Å²) in [7, 11) is 0. The Hall–Kier alpha value is -1.81. The van der Waals surface area contributed by atoms with Crippen LogP contribution in [0.5, 0.6) is 5.75 Å². The Morgan fingerprint density at radius 3 is 2.95 bits per heavy atom. The number of benzene rings is 1. The van der Waals surface area contributed by atoms with E-state index in [4.69, 9.17) is 9.15 Å². The number of rotatable bonds is 8. The van der Waals surface area contributed by atoms with Crippen LogP contribution in [-0.2, 0) is 6.54 Å². The summed E-state index contributed by atoms with van der Waals surface area (Å²) in [5.41, 5.74) is 1.87. The van der Waals surface area contributed by atoms with Gasteiger partial charge >= 0.3 is 0 Å². The molecule has 0 fully saturated rings. The molecule has 1 heterocycles. The van der Waals surface area contributed by atoms with Gasteiger partial charge in [-0.2, -0.15) is 0 Å². The van der Waals surface area contributed by atoms with E-state index in [1.807, 2.05) is 24.3 Å². The molecular formula is C16H22N2O2. The highest BCUT2D eigenvalue weighted by molar-refractivity contribution is 5.55. The van der Waals surface area contributed by atoms with Gasteiger partial charge in [-0.15, -0.1) is 0 Å². The van der Waals surface area contributed by atoms with Crippen LogP contribution >= 0.6 is 0 Å². The van der Waals surface area contributed by atoms with E-state index in [0.717, 1.165) is 49.5 Å². The molecule has 108 valence electrons. The third-order valence-electron chi connectivity index (χ3n) is 2.84. The Balaban J connectivity index is 2.03. The van der Waals surface area contributed by atoms with E-state index in [0.29, 0.717) is 5.89 Å². The second kappa shape index (κ2) is 7.70. The average molecular weight is 274 g/mol. The number of aromatic nitrogens is 1. The predicted octanol–water partition coefficient (Wildman–Crippen LogP) is 3.63. The van der Waals surface area contributed by atoms with Crippen molar-refractivity contribution in [1.29, 1.82) is 0 Å². The highest BCUT2D eigenvalue weighted by atomic mass is 16.5. The highest BCUT2D eigenvalue weighted by Gasteiger charge is 2.07. The Labute approximate surface area is 120 Å². The SMILES string of the molecule is CCCNCc1coc(-c2cccc(OCCC)c2)n1. The second-order valence-electron chi connectivity index (χ2n) is 4.70. The van der Waals surface area contributed by atoms with Crippen molar-refractivity contribution in [3.63, 3.8) is 0 Å². The van der Waals surface area contributed by atoms with Crippen LogP contribution in [0, 0.1) is 0 Å². The zero-order valence-corrected chi connectivity index (χ0v) is 12.2. The molecule has 20 heavy (non-hydrogen) atoms. The maximum atomic E-state index is 5.62. The van der Waals surface area contributed by atoms with Crippen molar-refractivity contribution in [2.24, 2.45) is 0 Å². The molecule has 2 aromatic rings. The molecule has 0 amide bonds. The molecular weight excluding hydrogens is 252 g/mol. The third kappa shape index (κ3) is 4.10. The molecule has 1 aromatic carbocycles. The van der Waals surface area contributed by atoms with Gasteiger partial charge in [0.2, 0.25) is 5.89 Å². The standard InChI is InChI=1S/C16H22N2O2/c1-3-8-17-11-14-12-20-16(18-14)13-6-5-7-15(10-13)19-9-4-2/h5-7,10,12,17H,3-4,8-9,11H2,1-2H3. The van der Waals surface area contributed by atoms with Crippen LogP contribution in [0.25, 0.3) is 11.5 Å². The molecule has 0 aliphatic rings. The van der Waals surface area contributed by atoms with Crippen molar-refractivity contribution in [3.05, 3.63) is 36.2 Å². The largest absolute Gasteiger partial charge is 0.494 e. The number of ether oxygens (including phenoxy) is 1. The summed E-state index contributed by atoms with van der Waals surface area (Å²) in [6.07, 6.45) is 3.82. The van der Waals surface area contributed by atoms with Crippen LogP contribution in [0.2, 0.25) is 0 Å². The number of nitrogens with zero attached hydrogens (tertiary/aromatic N) is 1. The lowest BCUT2D eigenvalue weighted by Gasteiger charge is -2.04. The topological polar surface area (TPSA) is 47.3 Å².